The Kier molecular flexibility index (Phi) is 10.3. The van der Waals surface area contributed by atoms with E-state index in [0.29, 0.717) is 35.4 Å². The second-order valence-corrected chi connectivity index (χ2v) is 21.2. The fourth-order valence-electron chi connectivity index (χ4n) is 5.63. The summed E-state index contributed by atoms with van der Waals surface area (Å²) in [6, 6.07) is 15.3. The highest BCUT2D eigenvalue weighted by atomic mass is 32.2. The van der Waals surface area contributed by atoms with Crippen LogP contribution in [0.5, 0.6) is 11.5 Å². The number of nitrogens with one attached hydrogen (secondary N) is 2. The van der Waals surface area contributed by atoms with Crippen LogP contribution in [0.25, 0.3) is 32.7 Å². The molecule has 58 heavy (non-hydrogen) atoms. The van der Waals surface area contributed by atoms with Gasteiger partial charge in [0.1, 0.15) is 21.3 Å². The van der Waals surface area contributed by atoms with Crippen molar-refractivity contribution in [2.75, 3.05) is 9.44 Å². The standard InChI is InChI=1S/C32H24N2O18S6/c35-29-13-23(55(41,42)43)9-19-11-31(57(47,48)49)27(15-25(19)29)33-53(37,38)21-5-1-17(2-6-21)18-3-7-22(8-4-18)54(39,40)34-28-16-26-20(12-32(28)58(50,51)52)10-24(14-30(26)36)56(44,45)46/h1-16,33-36H,(H,41,42,43)(H,44,45,46)(H,47,48,49)(H,50,51,52). The van der Waals surface area contributed by atoms with Crippen LogP contribution in [0.15, 0.2) is 126 Å². The van der Waals surface area contributed by atoms with Crippen LogP contribution in [0.1, 0.15) is 0 Å². The fraction of sp³-hybridized carbons (Fsp3) is 0. The van der Waals surface area contributed by atoms with E-state index in [1.54, 1.807) is 0 Å². The van der Waals surface area contributed by atoms with Crippen molar-refractivity contribution in [2.45, 2.75) is 29.4 Å². The van der Waals surface area contributed by atoms with Crippen molar-refractivity contribution in [1.82, 2.24) is 0 Å². The molecule has 8 N–H and O–H groups in total. The molecule has 0 atom stereocenters. The van der Waals surface area contributed by atoms with Crippen LogP contribution in [-0.4, -0.2) is 78.9 Å². The Labute approximate surface area is 329 Å². The van der Waals surface area contributed by atoms with Crippen LogP contribution in [0.4, 0.5) is 11.4 Å². The molecule has 0 unspecified atom stereocenters. The summed E-state index contributed by atoms with van der Waals surface area (Å²) in [5.74, 6) is -1.58. The Morgan fingerprint density at radius 3 is 0.948 bits per heavy atom. The van der Waals surface area contributed by atoms with Gasteiger partial charge in [0.05, 0.1) is 31.0 Å². The SMILES string of the molecule is O=S(=O)(O)c1cc(O)c2cc(NS(=O)(=O)c3ccc(-c4ccc(S(=O)(=O)Nc5cc6c(O)cc(S(=O)(=O)O)cc6cc5S(=O)(=O)O)cc4)cc3)c(S(=O)(=O)O)cc2c1. The smallest absolute Gasteiger partial charge is 0.296 e. The summed E-state index contributed by atoms with van der Waals surface area (Å²) in [7, 11) is -29.4. The first-order valence-electron chi connectivity index (χ1n) is 15.3. The molecule has 0 aromatic heterocycles. The maximum absolute atomic E-state index is 13.3. The van der Waals surface area contributed by atoms with Gasteiger partial charge in [-0.3, -0.25) is 27.7 Å². The second kappa shape index (κ2) is 14.1. The molecule has 6 rings (SSSR count). The Morgan fingerprint density at radius 1 is 0.362 bits per heavy atom. The number of anilines is 2. The van der Waals surface area contributed by atoms with Gasteiger partial charge in [0.2, 0.25) is 0 Å². The third-order valence-corrected chi connectivity index (χ3v) is 14.5. The van der Waals surface area contributed by atoms with Gasteiger partial charge in [-0.05, 0) is 82.6 Å². The molecule has 0 bridgehead atoms. The van der Waals surface area contributed by atoms with Gasteiger partial charge in [0, 0.05) is 22.9 Å². The van der Waals surface area contributed by atoms with Crippen molar-refractivity contribution in [3.8, 4) is 22.6 Å². The Morgan fingerprint density at radius 2 is 0.672 bits per heavy atom. The van der Waals surface area contributed by atoms with Crippen molar-refractivity contribution in [3.63, 3.8) is 0 Å². The summed E-state index contributed by atoms with van der Waals surface area (Å²) in [4.78, 5) is -4.59. The maximum Gasteiger partial charge on any atom is 0.296 e. The predicted molar refractivity (Wildman–Crippen MR) is 204 cm³/mol. The fourth-order valence-corrected chi connectivity index (χ4v) is 10.3. The molecule has 0 saturated heterocycles. The number of fused-ring (bicyclic) bond motifs is 2. The zero-order chi connectivity index (χ0) is 43.0. The molecule has 0 radical (unpaired) electrons. The summed E-state index contributed by atoms with van der Waals surface area (Å²) in [6.45, 7) is 0. The predicted octanol–water partition coefficient (Wildman–Crippen LogP) is 3.66. The number of hydrogen-bond acceptors (Lipinski definition) is 14. The van der Waals surface area contributed by atoms with E-state index in [1.165, 1.54) is 24.3 Å². The topological polar surface area (TPSA) is 350 Å². The van der Waals surface area contributed by atoms with Gasteiger partial charge in [-0.15, -0.1) is 0 Å². The molecule has 0 aliphatic carbocycles. The van der Waals surface area contributed by atoms with Crippen molar-refractivity contribution >= 4 is 93.4 Å². The minimum atomic E-state index is -5.18. The van der Waals surface area contributed by atoms with Gasteiger partial charge in [-0.25, -0.2) is 16.8 Å². The van der Waals surface area contributed by atoms with Gasteiger partial charge in [0.25, 0.3) is 60.5 Å². The molecule has 0 fully saturated rings. The van der Waals surface area contributed by atoms with E-state index in [2.05, 4.69) is 0 Å². The van der Waals surface area contributed by atoms with E-state index in [4.69, 9.17) is 0 Å². The van der Waals surface area contributed by atoms with E-state index in [9.17, 15) is 78.9 Å². The summed E-state index contributed by atoms with van der Waals surface area (Å²) in [6.07, 6.45) is 0. The molecular weight excluding hydrogens is 893 g/mol. The second-order valence-electron chi connectivity index (χ2n) is 12.2. The van der Waals surface area contributed by atoms with Crippen molar-refractivity contribution in [3.05, 3.63) is 97.1 Å². The lowest BCUT2D eigenvalue weighted by molar-refractivity contribution is 0.470. The van der Waals surface area contributed by atoms with Crippen molar-refractivity contribution in [2.24, 2.45) is 0 Å². The van der Waals surface area contributed by atoms with Crippen LogP contribution in [0, 0.1) is 0 Å². The first kappa shape index (κ1) is 42.2. The lowest BCUT2D eigenvalue weighted by Gasteiger charge is -2.15. The maximum atomic E-state index is 13.3. The highest BCUT2D eigenvalue weighted by molar-refractivity contribution is 7.93. The molecule has 0 aliphatic heterocycles. The highest BCUT2D eigenvalue weighted by Crippen LogP contribution is 2.38. The lowest BCUT2D eigenvalue weighted by atomic mass is 10.1. The Bertz CT molecular complexity index is 3180. The largest absolute Gasteiger partial charge is 0.507 e. The van der Waals surface area contributed by atoms with Crippen LogP contribution in [0.2, 0.25) is 0 Å². The minimum Gasteiger partial charge on any atom is -0.507 e. The number of phenolic OH excluding ortho intramolecular Hbond substituents is 2. The molecule has 0 heterocycles. The molecule has 0 aliphatic rings. The number of rotatable bonds is 11. The summed E-state index contributed by atoms with van der Waals surface area (Å²) >= 11 is 0. The monoisotopic (exact) mass is 916 g/mol. The third kappa shape index (κ3) is 8.55. The number of benzene rings is 6. The highest BCUT2D eigenvalue weighted by Gasteiger charge is 2.26. The molecule has 0 saturated carbocycles. The third-order valence-electron chi connectivity index (χ3n) is 8.31. The van der Waals surface area contributed by atoms with Gasteiger partial charge in [-0.1, -0.05) is 24.3 Å². The summed E-state index contributed by atoms with van der Waals surface area (Å²) in [5, 5.41) is 19.6. The van der Waals surface area contributed by atoms with Crippen molar-refractivity contribution in [1.29, 1.82) is 0 Å². The molecule has 26 heteroatoms. The molecule has 306 valence electrons. The van der Waals surface area contributed by atoms with E-state index >= 15 is 0 Å². The van der Waals surface area contributed by atoms with E-state index < -0.39 is 113 Å². The summed E-state index contributed by atoms with van der Waals surface area (Å²) < 4.78 is 191. The van der Waals surface area contributed by atoms with Crippen molar-refractivity contribution < 1.29 is 78.9 Å². The van der Waals surface area contributed by atoms with Gasteiger partial charge >= 0.3 is 0 Å². The van der Waals surface area contributed by atoms with Crippen LogP contribution < -0.4 is 9.44 Å². The minimum absolute atomic E-state index is 0.263. The lowest BCUT2D eigenvalue weighted by Crippen LogP contribution is -2.16. The molecule has 6 aromatic rings. The number of phenols is 2. The first-order valence-corrected chi connectivity index (χ1v) is 24.0. The number of sulfonamides is 2. The quantitative estimate of drug-likeness (QED) is 0.0860. The molecule has 20 nitrogen and oxygen atoms in total. The van der Waals surface area contributed by atoms with Crippen LogP contribution in [-0.2, 0) is 60.5 Å². The normalized spacial score (nSPS) is 13.1. The zero-order valence-electron chi connectivity index (χ0n) is 28.3. The van der Waals surface area contributed by atoms with Crippen LogP contribution in [0.3, 0.4) is 0 Å². The van der Waals surface area contributed by atoms with Gasteiger partial charge < -0.3 is 10.2 Å². The number of hydrogen-bond donors (Lipinski definition) is 8. The first-order chi connectivity index (χ1) is 26.5. The molecular formula is C32H24N2O18S6. The van der Waals surface area contributed by atoms with Gasteiger partial charge in [-0.2, -0.15) is 33.7 Å². The average molecular weight is 917 g/mol. The summed E-state index contributed by atoms with van der Waals surface area (Å²) in [5.41, 5.74) is -0.838. The van der Waals surface area contributed by atoms with Crippen LogP contribution >= 0.6 is 0 Å². The zero-order valence-corrected chi connectivity index (χ0v) is 33.2. The van der Waals surface area contributed by atoms with E-state index in [-0.39, 0.29) is 21.5 Å². The Balaban J connectivity index is 1.28. The van der Waals surface area contributed by atoms with Gasteiger partial charge in [0.15, 0.2) is 0 Å². The molecule has 0 amide bonds. The average Bonchev–Trinajstić information content (AvgIpc) is 3.09. The van der Waals surface area contributed by atoms with E-state index in [1.807, 2.05) is 9.44 Å². The molecule has 0 spiro atoms. The number of aromatic hydroxyl groups is 2. The van der Waals surface area contributed by atoms with E-state index in [0.717, 1.165) is 48.5 Å². The molecule has 6 aromatic carbocycles. The Hall–Kier alpha value is -5.42.